The highest BCUT2D eigenvalue weighted by molar-refractivity contribution is 5.98. The molecule has 1 spiro atoms. The molecule has 1 fully saturated rings. The largest absolute Gasteiger partial charge is 0.448 e. The molecular weight excluding hydrogens is 394 g/mol. The van der Waals surface area contributed by atoms with Crippen LogP contribution in [0.3, 0.4) is 0 Å². The lowest BCUT2D eigenvalue weighted by molar-refractivity contribution is -0.125. The van der Waals surface area contributed by atoms with Crippen molar-refractivity contribution in [2.24, 2.45) is 0 Å². The first-order valence-corrected chi connectivity index (χ1v) is 10.7. The number of nitrogens with one attached hydrogen (secondary N) is 3. The van der Waals surface area contributed by atoms with E-state index in [-0.39, 0.29) is 11.8 Å². The predicted molar refractivity (Wildman–Crippen MR) is 117 cm³/mol. The molecule has 31 heavy (non-hydrogen) atoms. The molecule has 3 aromatic rings. The lowest BCUT2D eigenvalue weighted by Gasteiger charge is -2.21. The molecule has 0 saturated heterocycles. The Bertz CT molecular complexity index is 1150. The fraction of sp³-hybridized carbons (Fsp3) is 0.333. The second-order valence-corrected chi connectivity index (χ2v) is 8.29. The number of aromatic nitrogens is 1. The number of carbonyl (C=O) groups is 2. The molecule has 160 valence electrons. The molecule has 1 atom stereocenters. The molecule has 1 aliphatic carbocycles. The van der Waals surface area contributed by atoms with E-state index in [9.17, 15) is 9.59 Å². The third-order valence-corrected chi connectivity index (χ3v) is 5.96. The zero-order valence-electron chi connectivity index (χ0n) is 17.4. The lowest BCUT2D eigenvalue weighted by atomic mass is 10.0. The zero-order valence-corrected chi connectivity index (χ0v) is 17.4. The summed E-state index contributed by atoms with van der Waals surface area (Å²) in [6.07, 6.45) is 6.18. The Morgan fingerprint density at radius 2 is 1.87 bits per heavy atom. The van der Waals surface area contributed by atoms with E-state index in [1.807, 2.05) is 36.5 Å². The summed E-state index contributed by atoms with van der Waals surface area (Å²) in [6, 6.07) is 12.6. The van der Waals surface area contributed by atoms with Crippen LogP contribution in [-0.2, 0) is 16.0 Å². The number of amides is 2. The number of para-hydroxylation sites is 1. The van der Waals surface area contributed by atoms with E-state index in [4.69, 9.17) is 9.47 Å². The Morgan fingerprint density at radius 1 is 1.10 bits per heavy atom. The van der Waals surface area contributed by atoms with E-state index in [1.165, 1.54) is 6.92 Å². The summed E-state index contributed by atoms with van der Waals surface area (Å²) in [5, 5.41) is 6.73. The topological polar surface area (TPSA) is 92.5 Å². The van der Waals surface area contributed by atoms with Gasteiger partial charge >= 0.3 is 0 Å². The molecule has 2 aromatic carbocycles. The molecule has 0 bridgehead atoms. The Hall–Kier alpha value is -3.48. The van der Waals surface area contributed by atoms with Gasteiger partial charge in [0.15, 0.2) is 11.5 Å². The molecule has 2 amide bonds. The van der Waals surface area contributed by atoms with Gasteiger partial charge in [0.05, 0.1) is 0 Å². The average Bonchev–Trinajstić information content (AvgIpc) is 3.46. The van der Waals surface area contributed by atoms with Gasteiger partial charge in [0.1, 0.15) is 6.04 Å². The highest BCUT2D eigenvalue weighted by Crippen LogP contribution is 2.47. The van der Waals surface area contributed by atoms with Crippen molar-refractivity contribution in [2.75, 3.05) is 5.32 Å². The van der Waals surface area contributed by atoms with Gasteiger partial charge in [0.2, 0.25) is 11.8 Å². The normalized spacial score (nSPS) is 17.1. The van der Waals surface area contributed by atoms with Crippen molar-refractivity contribution in [1.82, 2.24) is 10.3 Å². The van der Waals surface area contributed by atoms with Gasteiger partial charge in [-0.1, -0.05) is 18.2 Å². The molecule has 0 radical (unpaired) electrons. The minimum atomic E-state index is -0.705. The molecule has 7 nitrogen and oxygen atoms in total. The van der Waals surface area contributed by atoms with Gasteiger partial charge in [0.25, 0.3) is 5.79 Å². The van der Waals surface area contributed by atoms with E-state index in [1.54, 1.807) is 12.1 Å². The Balaban J connectivity index is 1.33. The fourth-order valence-electron chi connectivity index (χ4n) is 4.49. The summed E-state index contributed by atoms with van der Waals surface area (Å²) in [5.41, 5.74) is 2.58. The van der Waals surface area contributed by atoms with Crippen LogP contribution < -0.4 is 20.1 Å². The number of hydrogen-bond acceptors (Lipinski definition) is 4. The molecule has 2 aliphatic rings. The minimum absolute atomic E-state index is 0.256. The van der Waals surface area contributed by atoms with Crippen LogP contribution in [0, 0.1) is 0 Å². The maximum absolute atomic E-state index is 13.1. The predicted octanol–water partition coefficient (Wildman–Crippen LogP) is 3.90. The summed E-state index contributed by atoms with van der Waals surface area (Å²) in [6.45, 7) is 1.41. The van der Waals surface area contributed by atoms with Gasteiger partial charge in [-0.05, 0) is 36.6 Å². The second-order valence-electron chi connectivity index (χ2n) is 8.29. The van der Waals surface area contributed by atoms with E-state index in [0.29, 0.717) is 23.6 Å². The smallest absolute Gasteiger partial charge is 0.251 e. The monoisotopic (exact) mass is 419 g/mol. The van der Waals surface area contributed by atoms with Gasteiger partial charge < -0.3 is 25.1 Å². The van der Waals surface area contributed by atoms with Crippen molar-refractivity contribution in [3.8, 4) is 11.5 Å². The lowest BCUT2D eigenvalue weighted by Crippen LogP contribution is -2.44. The molecule has 1 aromatic heterocycles. The maximum atomic E-state index is 13.1. The zero-order chi connectivity index (χ0) is 21.4. The number of H-pyrrole nitrogens is 1. The van der Waals surface area contributed by atoms with Crippen molar-refractivity contribution < 1.29 is 19.1 Å². The minimum Gasteiger partial charge on any atom is -0.448 e. The molecule has 2 heterocycles. The quantitative estimate of drug-likeness (QED) is 0.585. The molecule has 7 heteroatoms. The third-order valence-electron chi connectivity index (χ3n) is 5.96. The second kappa shape index (κ2) is 7.65. The van der Waals surface area contributed by atoms with E-state index < -0.39 is 11.8 Å². The molecule has 5 rings (SSSR count). The molecule has 1 unspecified atom stereocenters. The van der Waals surface area contributed by atoms with Crippen LogP contribution in [0.4, 0.5) is 5.69 Å². The van der Waals surface area contributed by atoms with Crippen molar-refractivity contribution in [3.63, 3.8) is 0 Å². The summed E-state index contributed by atoms with van der Waals surface area (Å²) >= 11 is 0. The first kappa shape index (κ1) is 19.5. The van der Waals surface area contributed by atoms with Gasteiger partial charge in [-0.25, -0.2) is 0 Å². The van der Waals surface area contributed by atoms with Crippen molar-refractivity contribution in [1.29, 1.82) is 0 Å². The summed E-state index contributed by atoms with van der Waals surface area (Å²) in [5.74, 6) is 0.271. The van der Waals surface area contributed by atoms with E-state index >= 15 is 0 Å². The number of ether oxygens (including phenoxy) is 2. The number of rotatable bonds is 5. The Kier molecular flexibility index (Phi) is 4.81. The number of fused-ring (bicyclic) bond motifs is 2. The Labute approximate surface area is 180 Å². The van der Waals surface area contributed by atoms with Crippen LogP contribution in [0.1, 0.15) is 38.2 Å². The van der Waals surface area contributed by atoms with Crippen LogP contribution in [-0.4, -0.2) is 28.6 Å². The molecular formula is C24H25N3O4. The first-order chi connectivity index (χ1) is 15.0. The van der Waals surface area contributed by atoms with Crippen LogP contribution in [0.25, 0.3) is 10.9 Å². The van der Waals surface area contributed by atoms with E-state index in [0.717, 1.165) is 42.1 Å². The standard InChI is InChI=1S/C24H25N3O4/c1-15(28)26-20(12-16-14-25-19-7-3-2-6-18(16)19)23(29)27-17-8-9-21-22(13-17)31-24(30-21)10-4-5-11-24/h2-3,6-9,13-14,20,25H,4-5,10-12H2,1H3,(H,26,28)(H,27,29). The average molecular weight is 419 g/mol. The van der Waals surface area contributed by atoms with Crippen LogP contribution in [0.15, 0.2) is 48.7 Å². The van der Waals surface area contributed by atoms with Gasteiger partial charge in [-0.2, -0.15) is 0 Å². The van der Waals surface area contributed by atoms with Crippen LogP contribution >= 0.6 is 0 Å². The number of aromatic amines is 1. The maximum Gasteiger partial charge on any atom is 0.251 e. The Morgan fingerprint density at radius 3 is 2.68 bits per heavy atom. The van der Waals surface area contributed by atoms with Gasteiger partial charge in [0, 0.05) is 55.0 Å². The fourth-order valence-corrected chi connectivity index (χ4v) is 4.49. The highest BCUT2D eigenvalue weighted by Gasteiger charge is 2.44. The SMILES string of the molecule is CC(=O)NC(Cc1c[nH]c2ccccc12)C(=O)Nc1ccc2c(c1)OC1(CCCC1)O2. The third kappa shape index (κ3) is 3.83. The number of benzene rings is 2. The van der Waals surface area contributed by atoms with Crippen LogP contribution in [0.5, 0.6) is 11.5 Å². The summed E-state index contributed by atoms with van der Waals surface area (Å²) in [7, 11) is 0. The number of carbonyl (C=O) groups excluding carboxylic acids is 2. The number of hydrogen-bond donors (Lipinski definition) is 3. The molecule has 1 aliphatic heterocycles. The van der Waals surface area contributed by atoms with Crippen molar-refractivity contribution >= 4 is 28.4 Å². The molecule has 1 saturated carbocycles. The van der Waals surface area contributed by atoms with Gasteiger partial charge in [-0.15, -0.1) is 0 Å². The summed E-state index contributed by atoms with van der Waals surface area (Å²) < 4.78 is 12.1. The number of anilines is 1. The molecule has 3 N–H and O–H groups in total. The van der Waals surface area contributed by atoms with E-state index in [2.05, 4.69) is 15.6 Å². The summed E-state index contributed by atoms with van der Waals surface area (Å²) in [4.78, 5) is 28.0. The highest BCUT2D eigenvalue weighted by atomic mass is 16.7. The van der Waals surface area contributed by atoms with Gasteiger partial charge in [-0.3, -0.25) is 9.59 Å². The van der Waals surface area contributed by atoms with Crippen molar-refractivity contribution in [2.45, 2.75) is 50.9 Å². The van der Waals surface area contributed by atoms with Crippen molar-refractivity contribution in [3.05, 3.63) is 54.2 Å². The van der Waals surface area contributed by atoms with Crippen LogP contribution in [0.2, 0.25) is 0 Å². The first-order valence-electron chi connectivity index (χ1n) is 10.7.